The fraction of sp³-hybridized carbons (Fsp3) is 0.783. The van der Waals surface area contributed by atoms with Gasteiger partial charge in [-0.1, -0.05) is 90.3 Å². The van der Waals surface area contributed by atoms with Crippen LogP contribution in [0.5, 0.6) is 17.8 Å². The molecule has 7 heteroatoms. The number of nitrogens with zero attached hydrogens (tertiary/aromatic N) is 2. The van der Waals surface area contributed by atoms with E-state index in [1.807, 2.05) is 0 Å². The van der Waals surface area contributed by atoms with E-state index < -0.39 is 0 Å². The first-order valence-electron chi connectivity index (χ1n) is 11.5. The molecule has 0 aliphatic heterocycles. The van der Waals surface area contributed by atoms with Crippen molar-refractivity contribution in [2.75, 3.05) is 26.6 Å². The normalized spacial score (nSPS) is 11.8. The van der Waals surface area contributed by atoms with Gasteiger partial charge < -0.3 is 19.5 Å². The maximum atomic E-state index is 5.82. The molecule has 0 aliphatic rings. The van der Waals surface area contributed by atoms with Crippen molar-refractivity contribution in [2.45, 2.75) is 90.9 Å². The van der Waals surface area contributed by atoms with Crippen LogP contribution < -0.4 is 19.5 Å². The monoisotopic (exact) mass is 439 g/mol. The molecule has 1 unspecified atom stereocenters. The summed E-state index contributed by atoms with van der Waals surface area (Å²) in [7, 11) is 4.64. The van der Waals surface area contributed by atoms with E-state index in [1.165, 1.54) is 71.3 Å². The summed E-state index contributed by atoms with van der Waals surface area (Å²) in [4.78, 5) is 9.34. The first-order chi connectivity index (χ1) is 14.6. The molecule has 1 heterocycles. The second-order valence-corrected chi connectivity index (χ2v) is 8.14. The van der Waals surface area contributed by atoms with Gasteiger partial charge in [-0.3, -0.25) is 0 Å². The molecule has 1 rings (SSSR count). The van der Waals surface area contributed by atoms with Crippen molar-refractivity contribution >= 4 is 22.9 Å². The Balaban J connectivity index is 2.81. The second-order valence-electron chi connectivity index (χ2n) is 7.70. The maximum absolute atomic E-state index is 5.82. The van der Waals surface area contributed by atoms with Crippen LogP contribution in [0, 0.1) is 5.92 Å². The number of anilines is 1. The average molecular weight is 440 g/mol. The summed E-state index contributed by atoms with van der Waals surface area (Å²) in [5, 5.41) is 3.34. The summed E-state index contributed by atoms with van der Waals surface area (Å²) in [5.41, 5.74) is 0.562. The molecule has 0 radical (unpaired) electrons. The van der Waals surface area contributed by atoms with E-state index in [0.717, 1.165) is 17.8 Å². The molecule has 0 bridgehead atoms. The molecule has 1 atom stereocenters. The number of rotatable bonds is 17. The average Bonchev–Trinajstić information content (AvgIpc) is 2.77. The SMILES string of the molecule is CCCCCCCCC(CCCCCC)C(=S)Nc1c(OC)nc(OC)nc1OC. The fourth-order valence-electron chi connectivity index (χ4n) is 3.52. The number of unbranched alkanes of at least 4 members (excludes halogenated alkanes) is 8. The number of nitrogens with one attached hydrogen (secondary N) is 1. The number of aromatic nitrogens is 2. The Bertz CT molecular complexity index is 588. The standard InChI is InChI=1S/C23H41N3O3S/c1-6-8-10-12-13-15-17-18(16-14-11-9-7-2)22(30)24-19-20(27-3)25-23(29-5)26-21(19)28-4/h18H,6-17H2,1-5H3,(H,24,30). The van der Waals surface area contributed by atoms with Crippen molar-refractivity contribution in [3.8, 4) is 17.8 Å². The molecular weight excluding hydrogens is 398 g/mol. The van der Waals surface area contributed by atoms with Gasteiger partial charge in [0.15, 0.2) is 5.69 Å². The van der Waals surface area contributed by atoms with Gasteiger partial charge in [0, 0.05) is 5.92 Å². The lowest BCUT2D eigenvalue weighted by atomic mass is 9.94. The zero-order valence-corrected chi connectivity index (χ0v) is 20.4. The molecule has 1 aromatic heterocycles. The number of hydrogen-bond donors (Lipinski definition) is 1. The van der Waals surface area contributed by atoms with Crippen molar-refractivity contribution in [3.63, 3.8) is 0 Å². The van der Waals surface area contributed by atoms with Crippen LogP contribution >= 0.6 is 12.2 Å². The molecule has 1 aromatic rings. The van der Waals surface area contributed by atoms with E-state index in [-0.39, 0.29) is 6.01 Å². The van der Waals surface area contributed by atoms with E-state index in [2.05, 4.69) is 29.1 Å². The van der Waals surface area contributed by atoms with Crippen LogP contribution in [-0.2, 0) is 0 Å². The Morgan fingerprint density at radius 2 is 1.23 bits per heavy atom. The summed E-state index contributed by atoms with van der Waals surface area (Å²) < 4.78 is 16.0. The van der Waals surface area contributed by atoms with Gasteiger partial charge in [0.1, 0.15) is 0 Å². The van der Waals surface area contributed by atoms with E-state index in [0.29, 0.717) is 23.4 Å². The third-order valence-corrected chi connectivity index (χ3v) is 5.76. The molecule has 0 fully saturated rings. The zero-order chi connectivity index (χ0) is 22.2. The minimum absolute atomic E-state index is 0.198. The van der Waals surface area contributed by atoms with E-state index in [9.17, 15) is 0 Å². The van der Waals surface area contributed by atoms with Crippen LogP contribution in [0.1, 0.15) is 90.9 Å². The highest BCUT2D eigenvalue weighted by Gasteiger charge is 2.21. The van der Waals surface area contributed by atoms with Gasteiger partial charge in [0.2, 0.25) is 11.8 Å². The quantitative estimate of drug-likeness (QED) is 0.217. The Labute approximate surface area is 188 Å². The van der Waals surface area contributed by atoms with Gasteiger partial charge in [0.25, 0.3) is 0 Å². The topological polar surface area (TPSA) is 65.5 Å². The molecule has 30 heavy (non-hydrogen) atoms. The minimum atomic E-state index is 0.198. The van der Waals surface area contributed by atoms with Crippen LogP contribution in [0.4, 0.5) is 5.69 Å². The fourth-order valence-corrected chi connectivity index (χ4v) is 3.85. The molecular formula is C23H41N3O3S. The minimum Gasteiger partial charge on any atom is -0.479 e. The van der Waals surface area contributed by atoms with Crippen LogP contribution in [0.2, 0.25) is 0 Å². The summed E-state index contributed by atoms with van der Waals surface area (Å²) >= 11 is 5.82. The first kappa shape index (κ1) is 26.4. The lowest BCUT2D eigenvalue weighted by Gasteiger charge is -2.21. The van der Waals surface area contributed by atoms with Crippen LogP contribution in [0.15, 0.2) is 0 Å². The van der Waals surface area contributed by atoms with E-state index in [4.69, 9.17) is 26.4 Å². The van der Waals surface area contributed by atoms with Crippen molar-refractivity contribution in [1.82, 2.24) is 9.97 Å². The van der Waals surface area contributed by atoms with Gasteiger partial charge in [0.05, 0.1) is 26.3 Å². The van der Waals surface area contributed by atoms with Gasteiger partial charge in [-0.2, -0.15) is 9.97 Å². The zero-order valence-electron chi connectivity index (χ0n) is 19.6. The van der Waals surface area contributed by atoms with Gasteiger partial charge in [-0.05, 0) is 12.8 Å². The van der Waals surface area contributed by atoms with Gasteiger partial charge in [-0.15, -0.1) is 0 Å². The molecule has 0 aliphatic carbocycles. The van der Waals surface area contributed by atoms with Crippen molar-refractivity contribution in [3.05, 3.63) is 0 Å². The van der Waals surface area contributed by atoms with Crippen LogP contribution in [0.3, 0.4) is 0 Å². The number of methoxy groups -OCH3 is 3. The Hall–Kier alpha value is -1.63. The predicted molar refractivity (Wildman–Crippen MR) is 128 cm³/mol. The molecule has 1 N–H and O–H groups in total. The molecule has 0 saturated heterocycles. The maximum Gasteiger partial charge on any atom is 0.322 e. The summed E-state index contributed by atoms with van der Waals surface area (Å²) in [6.45, 7) is 4.49. The molecule has 0 saturated carbocycles. The van der Waals surface area contributed by atoms with Crippen molar-refractivity contribution in [2.24, 2.45) is 5.92 Å². The molecule has 172 valence electrons. The Kier molecular flexibility index (Phi) is 14.2. The number of ether oxygens (including phenoxy) is 3. The van der Waals surface area contributed by atoms with Gasteiger partial charge in [-0.25, -0.2) is 0 Å². The van der Waals surface area contributed by atoms with Crippen molar-refractivity contribution in [1.29, 1.82) is 0 Å². The van der Waals surface area contributed by atoms with Crippen LogP contribution in [-0.4, -0.2) is 36.3 Å². The molecule has 0 amide bonds. The highest BCUT2D eigenvalue weighted by molar-refractivity contribution is 7.80. The summed E-state index contributed by atoms with van der Waals surface area (Å²) in [6, 6.07) is 0.198. The summed E-state index contributed by atoms with van der Waals surface area (Å²) in [6.07, 6.45) is 14.9. The lowest BCUT2D eigenvalue weighted by Crippen LogP contribution is -2.22. The third kappa shape index (κ3) is 9.45. The van der Waals surface area contributed by atoms with E-state index >= 15 is 0 Å². The second kappa shape index (κ2) is 16.1. The third-order valence-electron chi connectivity index (χ3n) is 5.32. The Morgan fingerprint density at radius 3 is 1.70 bits per heavy atom. The Morgan fingerprint density at radius 1 is 0.767 bits per heavy atom. The van der Waals surface area contributed by atoms with Crippen LogP contribution in [0.25, 0.3) is 0 Å². The molecule has 0 aromatic carbocycles. The lowest BCUT2D eigenvalue weighted by molar-refractivity contribution is 0.332. The molecule has 6 nitrogen and oxygen atoms in total. The first-order valence-corrected chi connectivity index (χ1v) is 11.9. The van der Waals surface area contributed by atoms with E-state index in [1.54, 1.807) is 14.2 Å². The smallest absolute Gasteiger partial charge is 0.322 e. The number of hydrogen-bond acceptors (Lipinski definition) is 6. The molecule has 0 spiro atoms. The largest absolute Gasteiger partial charge is 0.479 e. The summed E-state index contributed by atoms with van der Waals surface area (Å²) in [5.74, 6) is 1.07. The van der Waals surface area contributed by atoms with Gasteiger partial charge >= 0.3 is 6.01 Å². The van der Waals surface area contributed by atoms with Crippen molar-refractivity contribution < 1.29 is 14.2 Å². The highest BCUT2D eigenvalue weighted by Crippen LogP contribution is 2.34. The number of thiocarbonyl (C=S) groups is 1. The predicted octanol–water partition coefficient (Wildman–Crippen LogP) is 6.58. The highest BCUT2D eigenvalue weighted by atomic mass is 32.1.